The van der Waals surface area contributed by atoms with Gasteiger partial charge in [-0.3, -0.25) is 4.79 Å². The van der Waals surface area contributed by atoms with Crippen molar-refractivity contribution in [3.8, 4) is 0 Å². The Balaban J connectivity index is 1.53. The summed E-state index contributed by atoms with van der Waals surface area (Å²) in [7, 11) is 0. The Hall–Kier alpha value is -2.24. The number of esters is 1. The van der Waals surface area contributed by atoms with Gasteiger partial charge in [0.2, 0.25) is 5.78 Å². The molecule has 5 nitrogen and oxygen atoms in total. The Bertz CT molecular complexity index is 1060. The van der Waals surface area contributed by atoms with E-state index in [1.807, 2.05) is 44.2 Å². The minimum absolute atomic E-state index is 0.144. The Kier molecular flexibility index (Phi) is 5.45. The summed E-state index contributed by atoms with van der Waals surface area (Å²) in [6, 6.07) is 9.50. The second-order valence-corrected chi connectivity index (χ2v) is 11.8. The molecule has 1 aliphatic heterocycles. The molecule has 1 heterocycles. The molecule has 8 atom stereocenters. The number of hydrogen-bond donors (Lipinski definition) is 1. The molecule has 1 saturated heterocycles. The topological polar surface area (TPSA) is 76.1 Å². The summed E-state index contributed by atoms with van der Waals surface area (Å²) in [5.74, 6) is -0.704. The number of hydrogen-bond acceptors (Lipinski definition) is 5. The second-order valence-electron chi connectivity index (χ2n) is 11.8. The van der Waals surface area contributed by atoms with Crippen molar-refractivity contribution in [2.75, 3.05) is 0 Å². The van der Waals surface area contributed by atoms with Crippen molar-refractivity contribution in [2.45, 2.75) is 77.3 Å². The molecule has 182 valence electrons. The Labute approximate surface area is 202 Å². The minimum Gasteiger partial charge on any atom is -0.447 e. The molecule has 4 aliphatic rings. The summed E-state index contributed by atoms with van der Waals surface area (Å²) in [4.78, 5) is 27.2. The largest absolute Gasteiger partial charge is 0.447 e. The summed E-state index contributed by atoms with van der Waals surface area (Å²) in [6.07, 6.45) is 6.26. The van der Waals surface area contributed by atoms with Gasteiger partial charge in [-0.25, -0.2) is 4.79 Å². The molecule has 2 saturated carbocycles. The van der Waals surface area contributed by atoms with Gasteiger partial charge < -0.3 is 14.6 Å². The molecular weight excluding hydrogens is 428 g/mol. The number of epoxide rings is 1. The van der Waals surface area contributed by atoms with E-state index in [9.17, 15) is 14.7 Å². The van der Waals surface area contributed by atoms with Crippen LogP contribution in [0.3, 0.4) is 0 Å². The Morgan fingerprint density at radius 3 is 2.62 bits per heavy atom. The molecule has 3 aliphatic carbocycles. The van der Waals surface area contributed by atoms with Gasteiger partial charge in [-0.15, -0.1) is 0 Å². The van der Waals surface area contributed by atoms with Crippen LogP contribution in [0.15, 0.2) is 48.1 Å². The number of ether oxygens (including phenoxy) is 2. The first kappa shape index (κ1) is 23.5. The van der Waals surface area contributed by atoms with Gasteiger partial charge in [0, 0.05) is 12.5 Å². The van der Waals surface area contributed by atoms with Gasteiger partial charge in [0.25, 0.3) is 0 Å². The first-order valence-electron chi connectivity index (χ1n) is 12.5. The predicted octanol–water partition coefficient (Wildman–Crippen LogP) is 4.74. The summed E-state index contributed by atoms with van der Waals surface area (Å²) in [5.41, 5.74) is -0.200. The molecule has 0 amide bonds. The highest BCUT2D eigenvalue weighted by Gasteiger charge is 2.71. The lowest BCUT2D eigenvalue weighted by Gasteiger charge is -2.34. The van der Waals surface area contributed by atoms with E-state index in [-0.39, 0.29) is 23.2 Å². The van der Waals surface area contributed by atoms with Crippen LogP contribution in [0.2, 0.25) is 0 Å². The number of carbonyl (C=O) groups is 2. The zero-order valence-corrected chi connectivity index (χ0v) is 20.8. The van der Waals surface area contributed by atoms with Gasteiger partial charge in [0.05, 0.1) is 23.7 Å². The molecule has 0 bridgehead atoms. The number of aliphatic hydroxyl groups is 1. The van der Waals surface area contributed by atoms with Gasteiger partial charge in [-0.05, 0) is 67.1 Å². The fourth-order valence-electron chi connectivity index (χ4n) is 6.83. The van der Waals surface area contributed by atoms with Gasteiger partial charge in [0.1, 0.15) is 0 Å². The van der Waals surface area contributed by atoms with E-state index in [2.05, 4.69) is 26.8 Å². The van der Waals surface area contributed by atoms with Crippen molar-refractivity contribution in [3.63, 3.8) is 0 Å². The van der Waals surface area contributed by atoms with Crippen LogP contribution in [0.1, 0.15) is 59.4 Å². The quantitative estimate of drug-likeness (QED) is 0.397. The number of benzene rings is 1. The summed E-state index contributed by atoms with van der Waals surface area (Å²) in [5, 5.41) is 11.2. The molecule has 1 aromatic carbocycles. The molecule has 0 unspecified atom stereocenters. The number of aliphatic hydroxyl groups excluding tert-OH is 1. The lowest BCUT2D eigenvalue weighted by Crippen LogP contribution is -2.52. The minimum atomic E-state index is -1.43. The van der Waals surface area contributed by atoms with Crippen molar-refractivity contribution < 1.29 is 24.2 Å². The van der Waals surface area contributed by atoms with Gasteiger partial charge >= 0.3 is 5.97 Å². The molecule has 5 rings (SSSR count). The van der Waals surface area contributed by atoms with E-state index in [1.54, 1.807) is 6.08 Å². The maximum Gasteiger partial charge on any atom is 0.331 e. The van der Waals surface area contributed by atoms with E-state index in [0.717, 1.165) is 18.4 Å². The van der Waals surface area contributed by atoms with Gasteiger partial charge in [-0.2, -0.15) is 0 Å². The molecule has 0 radical (unpaired) electrons. The number of ketones is 1. The van der Waals surface area contributed by atoms with Crippen LogP contribution in [-0.4, -0.2) is 40.3 Å². The molecule has 1 N–H and O–H groups in total. The fraction of sp³-hybridized carbons (Fsp3) is 0.586. The van der Waals surface area contributed by atoms with Crippen LogP contribution in [-0.2, 0) is 19.1 Å². The summed E-state index contributed by atoms with van der Waals surface area (Å²) >= 11 is 0. The molecule has 3 fully saturated rings. The molecule has 0 spiro atoms. The van der Waals surface area contributed by atoms with Crippen molar-refractivity contribution >= 4 is 17.8 Å². The first-order valence-corrected chi connectivity index (χ1v) is 12.5. The monoisotopic (exact) mass is 464 g/mol. The Morgan fingerprint density at radius 2 is 1.91 bits per heavy atom. The number of fused-ring (bicyclic) bond motifs is 4. The normalized spacial score (nSPS) is 44.2. The van der Waals surface area contributed by atoms with Crippen LogP contribution in [0.25, 0.3) is 6.08 Å². The third kappa shape index (κ3) is 3.68. The highest BCUT2D eigenvalue weighted by atomic mass is 16.6. The van der Waals surface area contributed by atoms with Crippen LogP contribution in [0, 0.1) is 29.1 Å². The third-order valence-corrected chi connectivity index (χ3v) is 9.14. The first-order chi connectivity index (χ1) is 16.0. The molecule has 1 aromatic rings. The van der Waals surface area contributed by atoms with Crippen LogP contribution >= 0.6 is 0 Å². The number of Topliss-reactive ketones (excluding diaryl/α,β-unsaturated/α-hetero) is 1. The van der Waals surface area contributed by atoms with E-state index in [0.29, 0.717) is 23.8 Å². The predicted molar refractivity (Wildman–Crippen MR) is 130 cm³/mol. The van der Waals surface area contributed by atoms with Crippen LogP contribution in [0.4, 0.5) is 0 Å². The standard InChI is InChI=1S/C29H36O5/c1-17-15-21-20(27(21,3)4)13-14-28(5)26(34-28)23-24(31)18(2)16-29(23,25(17)32)33-22(30)12-11-19-9-7-6-8-10-19/h6-12,15,18,20-21,23-24,26,31H,13-14,16H2,1-5H3/b12-11+,17-15-/t18-,20+,21+,23-,24-,26-,28-,29+/m0/s1. The lowest BCUT2D eigenvalue weighted by atomic mass is 9.77. The molecule has 5 heteroatoms. The SMILES string of the molecule is C/C1=C/[C@@H]2[C@@H](CC[C@]3(C)O[C@H]3[C@@H]3[C@@H](O)[C@@H](C)C[C@]3(OC(=O)/C=C/c3ccccc3)C1=O)C2(C)C. The van der Waals surface area contributed by atoms with Crippen molar-refractivity contribution in [2.24, 2.45) is 29.1 Å². The number of rotatable bonds is 3. The molecular formula is C29H36O5. The lowest BCUT2D eigenvalue weighted by molar-refractivity contribution is -0.168. The van der Waals surface area contributed by atoms with Crippen LogP contribution < -0.4 is 0 Å². The summed E-state index contributed by atoms with van der Waals surface area (Å²) in [6.45, 7) is 10.3. The maximum absolute atomic E-state index is 14.1. The van der Waals surface area contributed by atoms with E-state index in [4.69, 9.17) is 9.47 Å². The van der Waals surface area contributed by atoms with Crippen LogP contribution in [0.5, 0.6) is 0 Å². The maximum atomic E-state index is 14.1. The van der Waals surface area contributed by atoms with Crippen molar-refractivity contribution in [1.82, 2.24) is 0 Å². The number of carbonyl (C=O) groups excluding carboxylic acids is 2. The second kappa shape index (κ2) is 7.89. The average Bonchev–Trinajstić information content (AvgIpc) is 3.57. The Morgan fingerprint density at radius 1 is 1.21 bits per heavy atom. The summed E-state index contributed by atoms with van der Waals surface area (Å²) < 4.78 is 12.3. The average molecular weight is 465 g/mol. The zero-order valence-electron chi connectivity index (χ0n) is 20.8. The number of allylic oxidation sites excluding steroid dienone is 1. The molecule has 34 heavy (non-hydrogen) atoms. The van der Waals surface area contributed by atoms with E-state index < -0.39 is 29.2 Å². The van der Waals surface area contributed by atoms with E-state index >= 15 is 0 Å². The third-order valence-electron chi connectivity index (χ3n) is 9.14. The van der Waals surface area contributed by atoms with Crippen molar-refractivity contribution in [3.05, 3.63) is 53.6 Å². The molecule has 0 aromatic heterocycles. The zero-order chi connectivity index (χ0) is 24.5. The highest BCUT2D eigenvalue weighted by Crippen LogP contribution is 2.64. The van der Waals surface area contributed by atoms with Crippen molar-refractivity contribution in [1.29, 1.82) is 0 Å². The fourth-order valence-corrected chi connectivity index (χ4v) is 6.83. The highest BCUT2D eigenvalue weighted by molar-refractivity contribution is 6.04. The van der Waals surface area contributed by atoms with E-state index in [1.165, 1.54) is 6.08 Å². The van der Waals surface area contributed by atoms with Gasteiger partial charge in [0.15, 0.2) is 5.60 Å². The van der Waals surface area contributed by atoms with Gasteiger partial charge in [-0.1, -0.05) is 57.2 Å². The smallest absolute Gasteiger partial charge is 0.331 e.